The Hall–Kier alpha value is -2.35. The van der Waals surface area contributed by atoms with Crippen LogP contribution < -0.4 is 4.90 Å². The molecule has 5 rings (SSSR count). The lowest BCUT2D eigenvalue weighted by Crippen LogP contribution is -2.31. The summed E-state index contributed by atoms with van der Waals surface area (Å²) in [6.45, 7) is 4.24. The van der Waals surface area contributed by atoms with Gasteiger partial charge in [0.1, 0.15) is 0 Å². The summed E-state index contributed by atoms with van der Waals surface area (Å²) in [6, 6.07) is 10.4. The smallest absolute Gasteiger partial charge is 0.240 e. The highest BCUT2D eigenvalue weighted by Crippen LogP contribution is 2.44. The van der Waals surface area contributed by atoms with Gasteiger partial charge < -0.3 is 9.42 Å². The van der Waals surface area contributed by atoms with E-state index in [-0.39, 0.29) is 5.25 Å². The van der Waals surface area contributed by atoms with Gasteiger partial charge in [-0.05, 0) is 39.0 Å². The van der Waals surface area contributed by atoms with Gasteiger partial charge in [0.25, 0.3) is 0 Å². The molecule has 2 aromatic heterocycles. The number of aromatic nitrogens is 5. The Morgan fingerprint density at radius 2 is 1.86 bits per heavy atom. The fourth-order valence-corrected chi connectivity index (χ4v) is 4.57. The lowest BCUT2D eigenvalue weighted by Gasteiger charge is -2.27. The minimum atomic E-state index is 0.0147. The molecule has 0 bridgehead atoms. The Kier molecular flexibility index (Phi) is 4.80. The van der Waals surface area contributed by atoms with E-state index in [2.05, 4.69) is 36.7 Å². The fourth-order valence-electron chi connectivity index (χ4n) is 3.62. The van der Waals surface area contributed by atoms with E-state index in [9.17, 15) is 0 Å². The Morgan fingerprint density at radius 3 is 2.61 bits per heavy atom. The van der Waals surface area contributed by atoms with E-state index in [1.54, 1.807) is 11.8 Å². The number of thioether (sulfide) groups is 1. The topological polar surface area (TPSA) is 72.9 Å². The van der Waals surface area contributed by atoms with E-state index < -0.39 is 0 Å². The summed E-state index contributed by atoms with van der Waals surface area (Å²) in [6.07, 6.45) is 6.20. The minimum Gasteiger partial charge on any atom is -0.341 e. The van der Waals surface area contributed by atoms with E-state index in [1.807, 2.05) is 30.3 Å². The monoisotopic (exact) mass is 396 g/mol. The van der Waals surface area contributed by atoms with Crippen molar-refractivity contribution >= 4 is 17.7 Å². The molecule has 1 atom stereocenters. The molecule has 1 aliphatic carbocycles. The molecule has 8 heteroatoms. The Balaban J connectivity index is 1.36. The highest BCUT2D eigenvalue weighted by molar-refractivity contribution is 7.99. The number of hydrogen-bond donors (Lipinski definition) is 0. The van der Waals surface area contributed by atoms with Crippen molar-refractivity contribution in [2.24, 2.45) is 0 Å². The third-order valence-electron chi connectivity index (χ3n) is 5.30. The molecule has 146 valence electrons. The molecule has 1 aromatic carbocycles. The first-order valence-electron chi connectivity index (χ1n) is 10.0. The second-order valence-electron chi connectivity index (χ2n) is 7.51. The summed E-state index contributed by atoms with van der Waals surface area (Å²) in [5, 5.41) is 14.2. The fraction of sp³-hybridized carbons (Fsp3) is 0.500. The van der Waals surface area contributed by atoms with Crippen molar-refractivity contribution in [3.8, 4) is 11.4 Å². The second-order valence-corrected chi connectivity index (χ2v) is 8.82. The zero-order chi connectivity index (χ0) is 18.9. The quantitative estimate of drug-likeness (QED) is 0.568. The maximum absolute atomic E-state index is 5.54. The summed E-state index contributed by atoms with van der Waals surface area (Å²) < 4.78 is 7.88. The number of piperidine rings is 1. The average molecular weight is 397 g/mol. The zero-order valence-electron chi connectivity index (χ0n) is 16.0. The number of anilines is 1. The van der Waals surface area contributed by atoms with Gasteiger partial charge in [0.05, 0.1) is 5.25 Å². The van der Waals surface area contributed by atoms with E-state index in [1.165, 1.54) is 32.1 Å². The van der Waals surface area contributed by atoms with Crippen molar-refractivity contribution < 1.29 is 4.52 Å². The van der Waals surface area contributed by atoms with Gasteiger partial charge in [0, 0.05) is 24.7 Å². The number of hydrogen-bond acceptors (Lipinski definition) is 7. The van der Waals surface area contributed by atoms with Crippen LogP contribution in [0, 0.1) is 0 Å². The third kappa shape index (κ3) is 3.53. The molecule has 2 fully saturated rings. The molecular weight excluding hydrogens is 372 g/mol. The van der Waals surface area contributed by atoms with Crippen molar-refractivity contribution in [3.05, 3.63) is 36.2 Å². The molecule has 1 aliphatic heterocycles. The summed E-state index contributed by atoms with van der Waals surface area (Å²) in [4.78, 5) is 6.99. The summed E-state index contributed by atoms with van der Waals surface area (Å²) in [7, 11) is 0. The van der Waals surface area contributed by atoms with Crippen LogP contribution >= 0.6 is 11.8 Å². The predicted molar refractivity (Wildman–Crippen MR) is 108 cm³/mol. The van der Waals surface area contributed by atoms with Gasteiger partial charge in [-0.3, -0.25) is 4.57 Å². The van der Waals surface area contributed by atoms with E-state index in [4.69, 9.17) is 4.52 Å². The first-order chi connectivity index (χ1) is 13.8. The molecule has 28 heavy (non-hydrogen) atoms. The molecule has 0 amide bonds. The van der Waals surface area contributed by atoms with Gasteiger partial charge in [-0.15, -0.1) is 10.2 Å². The van der Waals surface area contributed by atoms with Crippen LogP contribution in [-0.4, -0.2) is 38.0 Å². The van der Waals surface area contributed by atoms with Crippen molar-refractivity contribution in [1.29, 1.82) is 0 Å². The first kappa shape index (κ1) is 17.7. The summed E-state index contributed by atoms with van der Waals surface area (Å²) in [5.74, 6) is 2.28. The van der Waals surface area contributed by atoms with E-state index >= 15 is 0 Å². The van der Waals surface area contributed by atoms with Gasteiger partial charge in [-0.1, -0.05) is 47.3 Å². The highest BCUT2D eigenvalue weighted by atomic mass is 32.2. The van der Waals surface area contributed by atoms with Crippen molar-refractivity contribution in [2.45, 2.75) is 55.5 Å². The van der Waals surface area contributed by atoms with Crippen LogP contribution in [-0.2, 0) is 0 Å². The number of nitrogens with zero attached hydrogens (tertiary/aromatic N) is 6. The summed E-state index contributed by atoms with van der Waals surface area (Å²) >= 11 is 1.65. The molecular formula is C20H24N6OS. The third-order valence-corrected chi connectivity index (χ3v) is 6.35. The van der Waals surface area contributed by atoms with Gasteiger partial charge in [0.2, 0.25) is 17.7 Å². The van der Waals surface area contributed by atoms with Crippen molar-refractivity contribution in [3.63, 3.8) is 0 Å². The number of benzene rings is 1. The van der Waals surface area contributed by atoms with E-state index in [0.29, 0.717) is 17.8 Å². The molecule has 0 spiro atoms. The van der Waals surface area contributed by atoms with Crippen LogP contribution in [0.1, 0.15) is 56.2 Å². The molecule has 0 N–H and O–H groups in total. The molecule has 1 saturated carbocycles. The van der Waals surface area contributed by atoms with Crippen molar-refractivity contribution in [2.75, 3.05) is 18.0 Å². The highest BCUT2D eigenvalue weighted by Gasteiger charge is 2.33. The average Bonchev–Trinajstić information content (AvgIpc) is 3.30. The van der Waals surface area contributed by atoms with Crippen molar-refractivity contribution in [1.82, 2.24) is 24.9 Å². The van der Waals surface area contributed by atoms with Crippen LogP contribution in [0.25, 0.3) is 11.4 Å². The van der Waals surface area contributed by atoms with Crippen LogP contribution in [0.2, 0.25) is 0 Å². The molecule has 1 saturated heterocycles. The van der Waals surface area contributed by atoms with Crippen LogP contribution in [0.15, 0.2) is 40.0 Å². The zero-order valence-corrected chi connectivity index (χ0v) is 16.8. The molecule has 7 nitrogen and oxygen atoms in total. The van der Waals surface area contributed by atoms with Crippen LogP contribution in [0.4, 0.5) is 5.95 Å². The largest absolute Gasteiger partial charge is 0.341 e. The predicted octanol–water partition coefficient (Wildman–Crippen LogP) is 4.51. The van der Waals surface area contributed by atoms with Crippen LogP contribution in [0.3, 0.4) is 0 Å². The SMILES string of the molecule is CC(Sc1nnc(N2CCCCC2)n1C1CC1)c1nc(-c2ccccc2)no1. The van der Waals surface area contributed by atoms with Gasteiger partial charge in [-0.25, -0.2) is 0 Å². The minimum absolute atomic E-state index is 0.0147. The Bertz CT molecular complexity index is 929. The normalized spacial score (nSPS) is 18.4. The lowest BCUT2D eigenvalue weighted by atomic mass is 10.1. The first-order valence-corrected chi connectivity index (χ1v) is 10.9. The van der Waals surface area contributed by atoms with Gasteiger partial charge in [-0.2, -0.15) is 4.98 Å². The van der Waals surface area contributed by atoms with Gasteiger partial charge in [0.15, 0.2) is 5.16 Å². The lowest BCUT2D eigenvalue weighted by molar-refractivity contribution is 0.380. The second kappa shape index (κ2) is 7.58. The number of rotatable bonds is 6. The summed E-state index contributed by atoms with van der Waals surface area (Å²) in [5.41, 5.74) is 0.961. The molecule has 0 radical (unpaired) electrons. The Labute approximate surface area is 168 Å². The molecule has 3 aromatic rings. The van der Waals surface area contributed by atoms with Crippen LogP contribution in [0.5, 0.6) is 0 Å². The van der Waals surface area contributed by atoms with Gasteiger partial charge >= 0.3 is 0 Å². The standard InChI is InChI=1S/C20H24N6OS/c1-14(18-21-17(24-27-18)15-8-4-2-5-9-15)28-20-23-22-19(26(20)16-10-11-16)25-12-6-3-7-13-25/h2,4-5,8-9,14,16H,3,6-7,10-13H2,1H3. The Morgan fingerprint density at radius 1 is 1.07 bits per heavy atom. The van der Waals surface area contributed by atoms with E-state index in [0.717, 1.165) is 29.8 Å². The molecule has 3 heterocycles. The molecule has 2 aliphatic rings. The molecule has 1 unspecified atom stereocenters. The maximum Gasteiger partial charge on any atom is 0.240 e. The maximum atomic E-state index is 5.54.